The van der Waals surface area contributed by atoms with Gasteiger partial charge in [-0.1, -0.05) is 24.6 Å². The van der Waals surface area contributed by atoms with Crippen LogP contribution in [0.25, 0.3) is 0 Å². The summed E-state index contributed by atoms with van der Waals surface area (Å²) in [5.41, 5.74) is 0.961. The van der Waals surface area contributed by atoms with E-state index in [1.54, 1.807) is 19.2 Å². The summed E-state index contributed by atoms with van der Waals surface area (Å²) in [5.74, 6) is 0.814. The molecule has 0 aliphatic carbocycles. The number of rotatable bonds is 9. The van der Waals surface area contributed by atoms with E-state index in [2.05, 4.69) is 21.8 Å². The molecule has 0 saturated heterocycles. The molecule has 0 radical (unpaired) electrons. The van der Waals surface area contributed by atoms with Gasteiger partial charge in [-0.15, -0.1) is 6.58 Å². The molecule has 0 aliphatic rings. The third-order valence-electron chi connectivity index (χ3n) is 3.68. The summed E-state index contributed by atoms with van der Waals surface area (Å²) in [6, 6.07) is 6.52. The van der Waals surface area contributed by atoms with Crippen LogP contribution in [0.5, 0.6) is 0 Å². The van der Waals surface area contributed by atoms with Crippen molar-refractivity contribution in [3.63, 3.8) is 0 Å². The molecule has 0 amide bonds. The first-order chi connectivity index (χ1) is 11.4. The highest BCUT2D eigenvalue weighted by molar-refractivity contribution is 7.89. The van der Waals surface area contributed by atoms with Crippen molar-refractivity contribution in [2.75, 3.05) is 20.6 Å². The second-order valence-electron chi connectivity index (χ2n) is 5.65. The largest absolute Gasteiger partial charge is 0.352 e. The molecule has 0 aliphatic heterocycles. The number of unbranched alkanes of at least 4 members (excludes halogenated alkanes) is 3. The molecule has 134 valence electrons. The molecule has 0 spiro atoms. The van der Waals surface area contributed by atoms with Gasteiger partial charge in [-0.2, -0.15) is 0 Å². The van der Waals surface area contributed by atoms with Crippen molar-refractivity contribution in [1.29, 1.82) is 0 Å². The Labute approximate surface area is 145 Å². The Balaban J connectivity index is 2.47. The summed E-state index contributed by atoms with van der Waals surface area (Å²) >= 11 is 0. The number of primary sulfonamides is 1. The molecule has 0 unspecified atom stereocenters. The summed E-state index contributed by atoms with van der Waals surface area (Å²) in [6.45, 7) is 5.23. The number of nitrogens with two attached hydrogens (primary N) is 1. The van der Waals surface area contributed by atoms with E-state index in [0.29, 0.717) is 6.54 Å². The second kappa shape index (κ2) is 10.1. The summed E-state index contributed by atoms with van der Waals surface area (Å²) in [5, 5.41) is 8.37. The number of hydrogen-bond donors (Lipinski definition) is 2. The molecule has 1 aromatic rings. The van der Waals surface area contributed by atoms with Crippen LogP contribution in [-0.4, -0.2) is 39.9 Å². The Bertz CT molecular complexity index is 639. The number of nitrogens with one attached hydrogen (secondary N) is 1. The molecule has 0 heterocycles. The van der Waals surface area contributed by atoms with Gasteiger partial charge in [0.15, 0.2) is 5.96 Å². The lowest BCUT2D eigenvalue weighted by Gasteiger charge is -2.22. The predicted molar refractivity (Wildman–Crippen MR) is 99.3 cm³/mol. The van der Waals surface area contributed by atoms with Gasteiger partial charge >= 0.3 is 0 Å². The van der Waals surface area contributed by atoms with Crippen molar-refractivity contribution in [3.05, 3.63) is 42.5 Å². The van der Waals surface area contributed by atoms with Crippen molar-refractivity contribution in [2.45, 2.75) is 37.1 Å². The van der Waals surface area contributed by atoms with Gasteiger partial charge in [0.25, 0.3) is 0 Å². The normalized spacial score (nSPS) is 12.0. The minimum absolute atomic E-state index is 0.118. The van der Waals surface area contributed by atoms with E-state index in [1.165, 1.54) is 25.0 Å². The van der Waals surface area contributed by atoms with Gasteiger partial charge in [0.2, 0.25) is 10.0 Å². The fourth-order valence-corrected chi connectivity index (χ4v) is 2.80. The van der Waals surface area contributed by atoms with E-state index in [9.17, 15) is 8.42 Å². The van der Waals surface area contributed by atoms with Crippen LogP contribution in [0.3, 0.4) is 0 Å². The van der Waals surface area contributed by atoms with Crippen LogP contribution in [0, 0.1) is 0 Å². The summed E-state index contributed by atoms with van der Waals surface area (Å²) in [7, 11) is 0.113. The minimum Gasteiger partial charge on any atom is -0.352 e. The topological polar surface area (TPSA) is 87.8 Å². The summed E-state index contributed by atoms with van der Waals surface area (Å²) in [4.78, 5) is 6.48. The molecule has 0 fully saturated rings. The maximum Gasteiger partial charge on any atom is 0.238 e. The lowest BCUT2D eigenvalue weighted by atomic mass is 10.2. The van der Waals surface area contributed by atoms with E-state index in [-0.39, 0.29) is 4.90 Å². The smallest absolute Gasteiger partial charge is 0.238 e. The number of nitrogens with zero attached hydrogens (tertiary/aromatic N) is 2. The fraction of sp³-hybridized carbons (Fsp3) is 0.471. The van der Waals surface area contributed by atoms with Gasteiger partial charge in [0.1, 0.15) is 0 Å². The van der Waals surface area contributed by atoms with E-state index in [1.807, 2.05) is 13.1 Å². The molecule has 3 N–H and O–H groups in total. The van der Waals surface area contributed by atoms with Crippen LogP contribution < -0.4 is 10.5 Å². The molecule has 24 heavy (non-hydrogen) atoms. The molecule has 1 rings (SSSR count). The molecule has 0 saturated carbocycles. The van der Waals surface area contributed by atoms with Gasteiger partial charge in [-0.05, 0) is 37.0 Å². The van der Waals surface area contributed by atoms with Crippen LogP contribution >= 0.6 is 0 Å². The molecule has 7 heteroatoms. The molecule has 0 bridgehead atoms. The number of sulfonamides is 1. The summed E-state index contributed by atoms with van der Waals surface area (Å²) < 4.78 is 22.5. The van der Waals surface area contributed by atoms with E-state index < -0.39 is 10.0 Å². The van der Waals surface area contributed by atoms with Crippen LogP contribution in [-0.2, 0) is 16.6 Å². The van der Waals surface area contributed by atoms with Crippen molar-refractivity contribution in [1.82, 2.24) is 10.2 Å². The van der Waals surface area contributed by atoms with Crippen LogP contribution in [0.2, 0.25) is 0 Å². The van der Waals surface area contributed by atoms with Gasteiger partial charge in [-0.25, -0.2) is 13.6 Å². The second-order valence-corrected chi connectivity index (χ2v) is 7.21. The zero-order valence-corrected chi connectivity index (χ0v) is 15.3. The third kappa shape index (κ3) is 7.14. The Morgan fingerprint density at radius 1 is 1.29 bits per heavy atom. The van der Waals surface area contributed by atoms with Gasteiger partial charge < -0.3 is 10.2 Å². The standard InChI is InChI=1S/C17H28N4O2S/c1-4-5-6-7-8-13-21(3)17(19-2)20-14-15-9-11-16(12-10-15)24(18,22)23/h4,9-12H,1,5-8,13-14H2,2-3H3,(H,19,20)(H2,18,22,23). The average molecular weight is 353 g/mol. The fourth-order valence-electron chi connectivity index (χ4n) is 2.28. The first kappa shape index (κ1) is 20.2. The Hall–Kier alpha value is -1.86. The lowest BCUT2D eigenvalue weighted by molar-refractivity contribution is 0.455. The lowest BCUT2D eigenvalue weighted by Crippen LogP contribution is -2.39. The van der Waals surface area contributed by atoms with E-state index in [4.69, 9.17) is 5.14 Å². The quantitative estimate of drug-likeness (QED) is 0.308. The Morgan fingerprint density at radius 3 is 2.50 bits per heavy atom. The maximum atomic E-state index is 11.2. The maximum absolute atomic E-state index is 11.2. The zero-order valence-electron chi connectivity index (χ0n) is 14.5. The SMILES string of the molecule is C=CCCCCCN(C)C(=NC)NCc1ccc(S(N)(=O)=O)cc1. The zero-order chi connectivity index (χ0) is 18.0. The molecular formula is C17H28N4O2S. The van der Waals surface area contributed by atoms with Crippen molar-refractivity contribution in [2.24, 2.45) is 10.1 Å². The summed E-state index contributed by atoms with van der Waals surface area (Å²) in [6.07, 6.45) is 6.45. The average Bonchev–Trinajstić information content (AvgIpc) is 2.55. The first-order valence-corrected chi connectivity index (χ1v) is 9.57. The van der Waals surface area contributed by atoms with Crippen LogP contribution in [0.4, 0.5) is 0 Å². The monoisotopic (exact) mass is 352 g/mol. The number of hydrogen-bond acceptors (Lipinski definition) is 3. The highest BCUT2D eigenvalue weighted by Crippen LogP contribution is 2.08. The van der Waals surface area contributed by atoms with Gasteiger partial charge in [0.05, 0.1) is 4.90 Å². The molecule has 6 nitrogen and oxygen atoms in total. The number of benzene rings is 1. The Kier molecular flexibility index (Phi) is 8.49. The van der Waals surface area contributed by atoms with Gasteiger partial charge in [-0.3, -0.25) is 4.99 Å². The predicted octanol–water partition coefficient (Wildman–Crippen LogP) is 2.09. The highest BCUT2D eigenvalue weighted by atomic mass is 32.2. The van der Waals surface area contributed by atoms with Crippen molar-refractivity contribution >= 4 is 16.0 Å². The third-order valence-corrected chi connectivity index (χ3v) is 4.61. The van der Waals surface area contributed by atoms with Crippen LogP contribution in [0.15, 0.2) is 46.8 Å². The van der Waals surface area contributed by atoms with E-state index >= 15 is 0 Å². The van der Waals surface area contributed by atoms with Crippen molar-refractivity contribution in [3.8, 4) is 0 Å². The molecular weight excluding hydrogens is 324 g/mol. The Morgan fingerprint density at radius 2 is 1.96 bits per heavy atom. The molecule has 0 atom stereocenters. The van der Waals surface area contributed by atoms with Gasteiger partial charge in [0, 0.05) is 27.2 Å². The van der Waals surface area contributed by atoms with Crippen molar-refractivity contribution < 1.29 is 8.42 Å². The molecule has 0 aromatic heterocycles. The number of guanidine groups is 1. The first-order valence-electron chi connectivity index (χ1n) is 8.03. The highest BCUT2D eigenvalue weighted by Gasteiger charge is 2.08. The number of aliphatic imine (C=N–C) groups is 1. The van der Waals surface area contributed by atoms with E-state index in [0.717, 1.165) is 30.9 Å². The molecule has 1 aromatic carbocycles. The minimum atomic E-state index is -3.64. The van der Waals surface area contributed by atoms with Crippen LogP contribution in [0.1, 0.15) is 31.2 Å². The number of allylic oxidation sites excluding steroid dienone is 1.